The molecule has 1 saturated heterocycles. The molecule has 4 nitrogen and oxygen atoms in total. The topological polar surface area (TPSA) is 50.3 Å². The number of pyridine rings is 1. The lowest BCUT2D eigenvalue weighted by Crippen LogP contribution is -2.29. The van der Waals surface area contributed by atoms with Gasteiger partial charge in [-0.2, -0.15) is 4.31 Å². The molecule has 1 aromatic rings. The van der Waals surface area contributed by atoms with Crippen molar-refractivity contribution in [3.05, 3.63) is 22.9 Å². The van der Waals surface area contributed by atoms with E-state index in [0.29, 0.717) is 23.5 Å². The van der Waals surface area contributed by atoms with E-state index in [4.69, 9.17) is 0 Å². The molecular formula is C12H17BrN2O2S. The highest BCUT2D eigenvalue weighted by atomic mass is 79.9. The highest BCUT2D eigenvalue weighted by Crippen LogP contribution is 2.27. The number of aromatic nitrogens is 1. The summed E-state index contributed by atoms with van der Waals surface area (Å²) in [7, 11) is -3.37. The first-order chi connectivity index (χ1) is 8.54. The van der Waals surface area contributed by atoms with E-state index in [0.717, 1.165) is 19.3 Å². The predicted octanol–water partition coefficient (Wildman–Crippen LogP) is 2.65. The molecule has 1 aliphatic rings. The van der Waals surface area contributed by atoms with Crippen LogP contribution in [0.5, 0.6) is 0 Å². The Morgan fingerprint density at radius 2 is 2.28 bits per heavy atom. The first-order valence-electron chi connectivity index (χ1n) is 6.14. The molecule has 0 saturated carbocycles. The van der Waals surface area contributed by atoms with E-state index in [1.165, 1.54) is 6.20 Å². The van der Waals surface area contributed by atoms with Crippen LogP contribution >= 0.6 is 15.9 Å². The maximum absolute atomic E-state index is 12.4. The molecule has 6 heteroatoms. The minimum Gasteiger partial charge on any atom is -0.262 e. The normalized spacial score (nSPS) is 21.3. The molecule has 0 aliphatic carbocycles. The molecule has 2 heterocycles. The van der Waals surface area contributed by atoms with E-state index in [9.17, 15) is 8.42 Å². The first-order valence-corrected chi connectivity index (χ1v) is 8.38. The van der Waals surface area contributed by atoms with Crippen LogP contribution in [0, 0.1) is 5.92 Å². The van der Waals surface area contributed by atoms with Crippen molar-refractivity contribution in [2.75, 3.05) is 13.1 Å². The van der Waals surface area contributed by atoms with Gasteiger partial charge in [-0.25, -0.2) is 8.42 Å². The number of halogens is 1. The monoisotopic (exact) mass is 332 g/mol. The smallest absolute Gasteiger partial charge is 0.244 e. The van der Waals surface area contributed by atoms with Gasteiger partial charge in [-0.05, 0) is 40.8 Å². The van der Waals surface area contributed by atoms with Crippen LogP contribution in [0.1, 0.15) is 26.2 Å². The Labute approximate surface area is 117 Å². The van der Waals surface area contributed by atoms with Crippen molar-refractivity contribution in [1.29, 1.82) is 0 Å². The van der Waals surface area contributed by atoms with Crippen molar-refractivity contribution in [3.63, 3.8) is 0 Å². The lowest BCUT2D eigenvalue weighted by atomic mass is 10.0. The van der Waals surface area contributed by atoms with Crippen LogP contribution < -0.4 is 0 Å². The van der Waals surface area contributed by atoms with Gasteiger partial charge in [0.05, 0.1) is 0 Å². The SMILES string of the molecule is CCCC1CCN(S(=O)(=O)c2cncc(Br)c2)C1. The highest BCUT2D eigenvalue weighted by molar-refractivity contribution is 9.10. The Hall–Kier alpha value is -0.460. The number of nitrogens with zero attached hydrogens (tertiary/aromatic N) is 2. The van der Waals surface area contributed by atoms with Crippen LogP contribution in [-0.2, 0) is 10.0 Å². The fourth-order valence-corrected chi connectivity index (χ4v) is 4.38. The average Bonchev–Trinajstić information content (AvgIpc) is 2.79. The quantitative estimate of drug-likeness (QED) is 0.851. The minimum atomic E-state index is -3.37. The molecular weight excluding hydrogens is 316 g/mol. The Morgan fingerprint density at radius 1 is 1.50 bits per heavy atom. The van der Waals surface area contributed by atoms with Crippen molar-refractivity contribution in [3.8, 4) is 0 Å². The third-order valence-corrected chi connectivity index (χ3v) is 5.53. The van der Waals surface area contributed by atoms with E-state index in [1.54, 1.807) is 16.6 Å². The molecule has 18 heavy (non-hydrogen) atoms. The summed E-state index contributed by atoms with van der Waals surface area (Å²) in [5.41, 5.74) is 0. The Bertz CT molecular complexity index is 519. The average molecular weight is 333 g/mol. The zero-order chi connectivity index (χ0) is 13.2. The third-order valence-electron chi connectivity index (χ3n) is 3.26. The summed E-state index contributed by atoms with van der Waals surface area (Å²) < 4.78 is 27.1. The Kier molecular flexibility index (Phi) is 4.40. The molecule has 0 spiro atoms. The van der Waals surface area contributed by atoms with Gasteiger partial charge >= 0.3 is 0 Å². The summed E-state index contributed by atoms with van der Waals surface area (Å²) in [5, 5.41) is 0. The van der Waals surface area contributed by atoms with Crippen LogP contribution in [0.15, 0.2) is 27.8 Å². The number of sulfonamides is 1. The molecule has 0 N–H and O–H groups in total. The van der Waals surface area contributed by atoms with E-state index < -0.39 is 10.0 Å². The summed E-state index contributed by atoms with van der Waals surface area (Å²) >= 11 is 3.25. The second-order valence-electron chi connectivity index (χ2n) is 4.65. The van der Waals surface area contributed by atoms with Gasteiger partial charge < -0.3 is 0 Å². The maximum Gasteiger partial charge on any atom is 0.244 e. The first kappa shape index (κ1) is 14.0. The lowest BCUT2D eigenvalue weighted by Gasteiger charge is -2.16. The minimum absolute atomic E-state index is 0.272. The van der Waals surface area contributed by atoms with Gasteiger partial charge in [-0.3, -0.25) is 4.98 Å². The van der Waals surface area contributed by atoms with E-state index in [1.807, 2.05) is 0 Å². The Morgan fingerprint density at radius 3 is 2.94 bits per heavy atom. The van der Waals surface area contributed by atoms with Crippen LogP contribution in [0.4, 0.5) is 0 Å². The molecule has 1 fully saturated rings. The number of rotatable bonds is 4. The second-order valence-corrected chi connectivity index (χ2v) is 7.50. The fourth-order valence-electron chi connectivity index (χ4n) is 2.34. The van der Waals surface area contributed by atoms with E-state index in [2.05, 4.69) is 27.8 Å². The zero-order valence-electron chi connectivity index (χ0n) is 10.3. The summed E-state index contributed by atoms with van der Waals surface area (Å²) in [6.45, 7) is 3.40. The van der Waals surface area contributed by atoms with Crippen LogP contribution in [0.3, 0.4) is 0 Å². The molecule has 1 atom stereocenters. The highest BCUT2D eigenvalue weighted by Gasteiger charge is 2.32. The molecule has 2 rings (SSSR count). The molecule has 0 bridgehead atoms. The second kappa shape index (κ2) is 5.67. The summed E-state index contributed by atoms with van der Waals surface area (Å²) in [6, 6.07) is 1.61. The van der Waals surface area contributed by atoms with Gasteiger partial charge in [0.1, 0.15) is 4.90 Å². The van der Waals surface area contributed by atoms with Crippen molar-refractivity contribution in [2.24, 2.45) is 5.92 Å². The van der Waals surface area contributed by atoms with Gasteiger partial charge in [0.2, 0.25) is 10.0 Å². The molecule has 1 unspecified atom stereocenters. The third kappa shape index (κ3) is 2.92. The van der Waals surface area contributed by atoms with Crippen LogP contribution in [-0.4, -0.2) is 30.8 Å². The Balaban J connectivity index is 2.18. The lowest BCUT2D eigenvalue weighted by molar-refractivity contribution is 0.444. The summed E-state index contributed by atoms with van der Waals surface area (Å²) in [5.74, 6) is 0.505. The van der Waals surface area contributed by atoms with Crippen molar-refractivity contribution >= 4 is 26.0 Å². The van der Waals surface area contributed by atoms with Gasteiger partial charge in [0.25, 0.3) is 0 Å². The van der Waals surface area contributed by atoms with Gasteiger partial charge in [0.15, 0.2) is 0 Å². The molecule has 0 aromatic carbocycles. The van der Waals surface area contributed by atoms with Gasteiger partial charge in [0, 0.05) is 30.0 Å². The molecule has 1 aromatic heterocycles. The van der Waals surface area contributed by atoms with Crippen molar-refractivity contribution < 1.29 is 8.42 Å². The zero-order valence-corrected chi connectivity index (χ0v) is 12.7. The largest absolute Gasteiger partial charge is 0.262 e. The van der Waals surface area contributed by atoms with Crippen molar-refractivity contribution in [2.45, 2.75) is 31.1 Å². The predicted molar refractivity (Wildman–Crippen MR) is 73.7 cm³/mol. The maximum atomic E-state index is 12.4. The van der Waals surface area contributed by atoms with Gasteiger partial charge in [-0.15, -0.1) is 0 Å². The molecule has 0 amide bonds. The van der Waals surface area contributed by atoms with Crippen LogP contribution in [0.25, 0.3) is 0 Å². The summed E-state index contributed by atoms with van der Waals surface area (Å²) in [6.07, 6.45) is 6.17. The van der Waals surface area contributed by atoms with E-state index in [-0.39, 0.29) is 4.90 Å². The van der Waals surface area contributed by atoms with Crippen molar-refractivity contribution in [1.82, 2.24) is 9.29 Å². The van der Waals surface area contributed by atoms with Gasteiger partial charge in [-0.1, -0.05) is 13.3 Å². The standard InChI is InChI=1S/C12H17BrN2O2S/c1-2-3-10-4-5-15(9-10)18(16,17)12-6-11(13)7-14-8-12/h6-8,10H,2-5,9H2,1H3. The number of hydrogen-bond acceptors (Lipinski definition) is 3. The molecule has 0 radical (unpaired) electrons. The van der Waals surface area contributed by atoms with Crippen LogP contribution in [0.2, 0.25) is 0 Å². The number of hydrogen-bond donors (Lipinski definition) is 0. The fraction of sp³-hybridized carbons (Fsp3) is 0.583. The summed E-state index contributed by atoms with van der Waals surface area (Å²) in [4.78, 5) is 4.20. The molecule has 1 aliphatic heterocycles. The molecule has 100 valence electrons. The van der Waals surface area contributed by atoms with E-state index >= 15 is 0 Å².